The number of hydrogen-bond acceptors (Lipinski definition) is 4. The first kappa shape index (κ1) is 18.1. The zero-order valence-corrected chi connectivity index (χ0v) is 15.4. The molecule has 3 aromatic rings. The molecule has 26 heavy (non-hydrogen) atoms. The van der Waals surface area contributed by atoms with Crippen LogP contribution in [0.5, 0.6) is 0 Å². The quantitative estimate of drug-likeness (QED) is 0.562. The largest absolute Gasteiger partial charge is 0.355 e. The summed E-state index contributed by atoms with van der Waals surface area (Å²) >= 11 is 1.48. The molecule has 3 N–H and O–H groups in total. The van der Waals surface area contributed by atoms with Crippen molar-refractivity contribution in [1.82, 2.24) is 10.6 Å². The van der Waals surface area contributed by atoms with Crippen LogP contribution in [0.3, 0.4) is 0 Å². The normalized spacial score (nSPS) is 10.7. The van der Waals surface area contributed by atoms with E-state index < -0.39 is 0 Å². The van der Waals surface area contributed by atoms with Crippen molar-refractivity contribution in [3.05, 3.63) is 65.0 Å². The van der Waals surface area contributed by atoms with Crippen LogP contribution in [0.15, 0.2) is 54.6 Å². The van der Waals surface area contributed by atoms with Crippen LogP contribution in [0, 0.1) is 0 Å². The Hall–Kier alpha value is -2.70. The third kappa shape index (κ3) is 4.68. The van der Waals surface area contributed by atoms with E-state index in [-0.39, 0.29) is 11.8 Å². The molecule has 1 aromatic heterocycles. The summed E-state index contributed by atoms with van der Waals surface area (Å²) in [6, 6.07) is 17.2. The predicted octanol–water partition coefficient (Wildman–Crippen LogP) is 3.03. The maximum absolute atomic E-state index is 12.4. The number of nitrogens with one attached hydrogen (secondary N) is 3. The maximum atomic E-state index is 12.4. The number of carbonyl (C=O) groups excluding carboxylic acids is 2. The second-order valence-corrected chi connectivity index (χ2v) is 7.01. The average molecular weight is 367 g/mol. The van der Waals surface area contributed by atoms with Gasteiger partial charge in [0.25, 0.3) is 5.91 Å². The van der Waals surface area contributed by atoms with Crippen molar-refractivity contribution in [2.75, 3.05) is 25.5 Å². The molecule has 0 saturated carbocycles. The number of fused-ring (bicyclic) bond motifs is 1. The van der Waals surface area contributed by atoms with Crippen LogP contribution in [-0.4, -0.2) is 32.0 Å². The molecule has 6 heteroatoms. The van der Waals surface area contributed by atoms with Gasteiger partial charge in [-0.3, -0.25) is 9.59 Å². The zero-order valence-electron chi connectivity index (χ0n) is 14.5. The van der Waals surface area contributed by atoms with Gasteiger partial charge in [-0.05, 0) is 42.3 Å². The van der Waals surface area contributed by atoms with Crippen molar-refractivity contribution in [1.29, 1.82) is 0 Å². The van der Waals surface area contributed by atoms with Gasteiger partial charge in [-0.2, -0.15) is 0 Å². The Morgan fingerprint density at radius 2 is 1.77 bits per heavy atom. The van der Waals surface area contributed by atoms with Gasteiger partial charge >= 0.3 is 0 Å². The van der Waals surface area contributed by atoms with E-state index >= 15 is 0 Å². The molecule has 3 rings (SSSR count). The van der Waals surface area contributed by atoms with Crippen molar-refractivity contribution >= 4 is 38.9 Å². The van der Waals surface area contributed by atoms with Gasteiger partial charge in [0.2, 0.25) is 5.91 Å². The van der Waals surface area contributed by atoms with Crippen LogP contribution < -0.4 is 16.0 Å². The molecule has 0 radical (unpaired) electrons. The topological polar surface area (TPSA) is 70.2 Å². The van der Waals surface area contributed by atoms with Crippen molar-refractivity contribution in [2.45, 2.75) is 6.42 Å². The monoisotopic (exact) mass is 367 g/mol. The maximum Gasteiger partial charge on any atom is 0.265 e. The standard InChI is InChI=1S/C20H21N3O2S/c1-21-10-11-22-19(24)12-14-6-8-16(9-7-14)23-20(25)18-13-15-4-2-3-5-17(15)26-18/h2-9,13,21H,10-12H2,1H3,(H,22,24)(H,23,25). The summed E-state index contributed by atoms with van der Waals surface area (Å²) in [6.07, 6.45) is 0.328. The summed E-state index contributed by atoms with van der Waals surface area (Å²) in [5, 5.41) is 9.80. The molecule has 0 aliphatic rings. The van der Waals surface area contributed by atoms with Crippen molar-refractivity contribution < 1.29 is 9.59 Å². The molecular formula is C20H21N3O2S. The van der Waals surface area contributed by atoms with Crippen LogP contribution in [0.2, 0.25) is 0 Å². The minimum absolute atomic E-state index is 0.0117. The van der Waals surface area contributed by atoms with E-state index in [9.17, 15) is 9.59 Å². The molecule has 1 heterocycles. The van der Waals surface area contributed by atoms with Crippen molar-refractivity contribution in [3.63, 3.8) is 0 Å². The van der Waals surface area contributed by atoms with Crippen molar-refractivity contribution in [3.8, 4) is 0 Å². The van der Waals surface area contributed by atoms with Gasteiger partial charge in [0.05, 0.1) is 11.3 Å². The number of hydrogen-bond donors (Lipinski definition) is 3. The first-order valence-corrected chi connectivity index (χ1v) is 9.27. The molecule has 0 bridgehead atoms. The summed E-state index contributed by atoms with van der Waals surface area (Å²) in [5.74, 6) is -0.133. The van der Waals surface area contributed by atoms with Gasteiger partial charge < -0.3 is 16.0 Å². The number of likely N-dealkylation sites (N-methyl/N-ethyl adjacent to an activating group) is 1. The zero-order chi connectivity index (χ0) is 18.4. The third-order valence-corrected chi connectivity index (χ3v) is 5.04. The molecule has 134 valence electrons. The van der Waals surface area contributed by atoms with Gasteiger partial charge in [-0.25, -0.2) is 0 Å². The highest BCUT2D eigenvalue weighted by molar-refractivity contribution is 7.20. The second-order valence-electron chi connectivity index (χ2n) is 5.93. The lowest BCUT2D eigenvalue weighted by atomic mass is 10.1. The van der Waals surface area contributed by atoms with Gasteiger partial charge in [0.15, 0.2) is 0 Å². The van der Waals surface area contributed by atoms with Crippen LogP contribution in [0.4, 0.5) is 5.69 Å². The molecule has 0 atom stereocenters. The highest BCUT2D eigenvalue weighted by Gasteiger charge is 2.10. The van der Waals surface area contributed by atoms with E-state index in [0.29, 0.717) is 23.5 Å². The van der Waals surface area contributed by atoms with E-state index in [1.165, 1.54) is 11.3 Å². The molecular weight excluding hydrogens is 346 g/mol. The fraction of sp³-hybridized carbons (Fsp3) is 0.200. The minimum atomic E-state index is -0.122. The molecule has 0 fully saturated rings. The summed E-state index contributed by atoms with van der Waals surface area (Å²) in [6.45, 7) is 1.35. The fourth-order valence-electron chi connectivity index (χ4n) is 2.57. The molecule has 2 amide bonds. The lowest BCUT2D eigenvalue weighted by Crippen LogP contribution is -2.31. The number of carbonyl (C=O) groups is 2. The SMILES string of the molecule is CNCCNC(=O)Cc1ccc(NC(=O)c2cc3ccccc3s2)cc1. The summed E-state index contributed by atoms with van der Waals surface area (Å²) < 4.78 is 1.09. The van der Waals surface area contributed by atoms with Crippen LogP contribution in [0.1, 0.15) is 15.2 Å². The van der Waals surface area contributed by atoms with E-state index in [0.717, 1.165) is 22.2 Å². The average Bonchev–Trinajstić information content (AvgIpc) is 3.08. The lowest BCUT2D eigenvalue weighted by Gasteiger charge is -2.07. The number of rotatable bonds is 7. The van der Waals surface area contributed by atoms with Crippen LogP contribution in [0.25, 0.3) is 10.1 Å². The second kappa shape index (κ2) is 8.60. The van der Waals surface area contributed by atoms with E-state index in [1.807, 2.05) is 61.6 Å². The highest BCUT2D eigenvalue weighted by Crippen LogP contribution is 2.26. The Balaban J connectivity index is 1.58. The first-order valence-electron chi connectivity index (χ1n) is 8.46. The summed E-state index contributed by atoms with van der Waals surface area (Å²) in [4.78, 5) is 24.9. The Morgan fingerprint density at radius 1 is 1.00 bits per heavy atom. The van der Waals surface area contributed by atoms with Gasteiger partial charge in [0, 0.05) is 23.5 Å². The van der Waals surface area contributed by atoms with Crippen LogP contribution >= 0.6 is 11.3 Å². The Kier molecular flexibility index (Phi) is 5.99. The lowest BCUT2D eigenvalue weighted by molar-refractivity contribution is -0.120. The molecule has 5 nitrogen and oxygen atoms in total. The molecule has 2 aromatic carbocycles. The minimum Gasteiger partial charge on any atom is -0.355 e. The number of amides is 2. The van der Waals surface area contributed by atoms with Crippen LogP contribution in [-0.2, 0) is 11.2 Å². The first-order chi connectivity index (χ1) is 12.7. The molecule has 0 aliphatic heterocycles. The Labute approximate surface area is 156 Å². The molecule has 0 saturated heterocycles. The van der Waals surface area contributed by atoms with Gasteiger partial charge in [0.1, 0.15) is 0 Å². The summed E-state index contributed by atoms with van der Waals surface area (Å²) in [7, 11) is 1.85. The Bertz CT molecular complexity index is 870. The van der Waals surface area contributed by atoms with E-state index in [1.54, 1.807) is 0 Å². The van der Waals surface area contributed by atoms with E-state index in [2.05, 4.69) is 16.0 Å². The molecule has 0 aliphatic carbocycles. The number of benzene rings is 2. The summed E-state index contributed by atoms with van der Waals surface area (Å²) in [5.41, 5.74) is 1.62. The predicted molar refractivity (Wildman–Crippen MR) is 107 cm³/mol. The Morgan fingerprint density at radius 3 is 2.50 bits per heavy atom. The molecule has 0 unspecified atom stereocenters. The smallest absolute Gasteiger partial charge is 0.265 e. The van der Waals surface area contributed by atoms with E-state index in [4.69, 9.17) is 0 Å². The van der Waals surface area contributed by atoms with Crippen molar-refractivity contribution in [2.24, 2.45) is 0 Å². The highest BCUT2D eigenvalue weighted by atomic mass is 32.1. The number of thiophene rings is 1. The van der Waals surface area contributed by atoms with Gasteiger partial charge in [-0.15, -0.1) is 11.3 Å². The van der Waals surface area contributed by atoms with Gasteiger partial charge in [-0.1, -0.05) is 30.3 Å². The third-order valence-electron chi connectivity index (χ3n) is 3.92. The number of anilines is 1. The molecule has 0 spiro atoms. The fourth-order valence-corrected chi connectivity index (χ4v) is 3.53.